The van der Waals surface area contributed by atoms with Crippen LogP contribution in [0.4, 0.5) is 13.2 Å². The lowest BCUT2D eigenvalue weighted by molar-refractivity contribution is -0.274. The summed E-state index contributed by atoms with van der Waals surface area (Å²) >= 11 is 0. The molecule has 1 amide bonds. The van der Waals surface area contributed by atoms with Gasteiger partial charge < -0.3 is 10.1 Å². The zero-order valence-electron chi connectivity index (χ0n) is 10.8. The fourth-order valence-electron chi connectivity index (χ4n) is 1.61. The number of nitrogens with one attached hydrogen (secondary N) is 1. The summed E-state index contributed by atoms with van der Waals surface area (Å²) in [5, 5.41) is 11.6. The number of amides is 1. The number of rotatable bonds is 4. The van der Waals surface area contributed by atoms with Gasteiger partial charge in [0.25, 0.3) is 5.91 Å². The lowest BCUT2D eigenvalue weighted by Gasteiger charge is -2.11. The Kier molecular flexibility index (Phi) is 4.17. The van der Waals surface area contributed by atoms with Gasteiger partial charge in [0.2, 0.25) is 0 Å². The fraction of sp³-hybridized carbons (Fsp3) is 0.286. The SMILES string of the molecule is N#C/C(=C\c1ccccc1OC(F)(F)F)C(=O)NC1CC1. The lowest BCUT2D eigenvalue weighted by Crippen LogP contribution is -2.26. The number of halogens is 3. The minimum Gasteiger partial charge on any atom is -0.405 e. The fourth-order valence-corrected chi connectivity index (χ4v) is 1.61. The van der Waals surface area contributed by atoms with Crippen molar-refractivity contribution in [2.45, 2.75) is 25.2 Å². The van der Waals surface area contributed by atoms with Crippen molar-refractivity contribution in [3.8, 4) is 11.8 Å². The molecule has 0 saturated heterocycles. The molecular weight excluding hydrogens is 285 g/mol. The maximum absolute atomic E-state index is 12.3. The molecule has 0 atom stereocenters. The van der Waals surface area contributed by atoms with Crippen LogP contribution in [0.15, 0.2) is 29.8 Å². The van der Waals surface area contributed by atoms with Gasteiger partial charge in [-0.25, -0.2) is 0 Å². The van der Waals surface area contributed by atoms with Gasteiger partial charge in [-0.2, -0.15) is 5.26 Å². The zero-order valence-corrected chi connectivity index (χ0v) is 10.8. The largest absolute Gasteiger partial charge is 0.573 e. The summed E-state index contributed by atoms with van der Waals surface area (Å²) in [6.07, 6.45) is -2.07. The van der Waals surface area contributed by atoms with E-state index in [9.17, 15) is 18.0 Å². The average molecular weight is 296 g/mol. The van der Waals surface area contributed by atoms with Crippen molar-refractivity contribution in [3.05, 3.63) is 35.4 Å². The number of ether oxygens (including phenoxy) is 1. The van der Waals surface area contributed by atoms with Gasteiger partial charge in [-0.15, -0.1) is 13.2 Å². The van der Waals surface area contributed by atoms with E-state index in [1.807, 2.05) is 0 Å². The van der Waals surface area contributed by atoms with Gasteiger partial charge in [0, 0.05) is 11.6 Å². The van der Waals surface area contributed by atoms with Crippen molar-refractivity contribution in [2.24, 2.45) is 0 Å². The maximum atomic E-state index is 12.3. The van der Waals surface area contributed by atoms with Crippen molar-refractivity contribution >= 4 is 12.0 Å². The second-order valence-corrected chi connectivity index (χ2v) is 4.50. The van der Waals surface area contributed by atoms with Gasteiger partial charge in [-0.3, -0.25) is 4.79 Å². The molecule has 1 aliphatic rings. The normalized spacial score (nSPS) is 15.2. The molecule has 1 aromatic rings. The molecule has 2 rings (SSSR count). The Morgan fingerprint density at radius 3 is 2.62 bits per heavy atom. The predicted octanol–water partition coefficient (Wildman–Crippen LogP) is 2.77. The Bertz CT molecular complexity index is 613. The number of alkyl halides is 3. The molecule has 1 N–H and O–H groups in total. The number of benzene rings is 1. The van der Waals surface area contributed by atoms with Crippen molar-refractivity contribution < 1.29 is 22.7 Å². The zero-order chi connectivity index (χ0) is 15.5. The van der Waals surface area contributed by atoms with E-state index in [2.05, 4.69) is 10.1 Å². The number of para-hydroxylation sites is 1. The van der Waals surface area contributed by atoms with Gasteiger partial charge in [0.15, 0.2) is 0 Å². The lowest BCUT2D eigenvalue weighted by atomic mass is 10.1. The van der Waals surface area contributed by atoms with Crippen LogP contribution in [0.2, 0.25) is 0 Å². The highest BCUT2D eigenvalue weighted by Crippen LogP contribution is 2.28. The standard InChI is InChI=1S/C14H11F3N2O2/c15-14(16,17)21-12-4-2-1-3-9(12)7-10(8-18)13(20)19-11-5-6-11/h1-4,7,11H,5-6H2,(H,19,20)/b10-7+. The van der Waals surface area contributed by atoms with E-state index in [0.29, 0.717) is 0 Å². The molecule has 1 fully saturated rings. The molecule has 1 aromatic carbocycles. The van der Waals surface area contributed by atoms with E-state index < -0.39 is 18.0 Å². The highest BCUT2D eigenvalue weighted by atomic mass is 19.4. The van der Waals surface area contributed by atoms with Crippen LogP contribution in [0.25, 0.3) is 6.08 Å². The van der Waals surface area contributed by atoms with Crippen molar-refractivity contribution in [3.63, 3.8) is 0 Å². The molecule has 0 radical (unpaired) electrons. The first kappa shape index (κ1) is 14.9. The third kappa shape index (κ3) is 4.53. The summed E-state index contributed by atoms with van der Waals surface area (Å²) in [5.41, 5.74) is -0.252. The minimum atomic E-state index is -4.84. The predicted molar refractivity (Wildman–Crippen MR) is 67.9 cm³/mol. The number of carbonyl (C=O) groups is 1. The summed E-state index contributed by atoms with van der Waals surface area (Å²) in [5.74, 6) is -1.06. The van der Waals surface area contributed by atoms with Crippen LogP contribution in [-0.4, -0.2) is 18.3 Å². The molecule has 110 valence electrons. The van der Waals surface area contributed by atoms with Crippen LogP contribution in [0.3, 0.4) is 0 Å². The Morgan fingerprint density at radius 1 is 1.38 bits per heavy atom. The van der Waals surface area contributed by atoms with Gasteiger partial charge >= 0.3 is 6.36 Å². The van der Waals surface area contributed by atoms with Crippen LogP contribution < -0.4 is 10.1 Å². The van der Waals surface area contributed by atoms with E-state index in [1.54, 1.807) is 6.07 Å². The van der Waals surface area contributed by atoms with Gasteiger partial charge in [0.1, 0.15) is 17.4 Å². The van der Waals surface area contributed by atoms with Crippen LogP contribution >= 0.6 is 0 Å². The van der Waals surface area contributed by atoms with E-state index in [-0.39, 0.29) is 17.2 Å². The number of hydrogen-bond acceptors (Lipinski definition) is 3. The van der Waals surface area contributed by atoms with E-state index in [0.717, 1.165) is 25.0 Å². The van der Waals surface area contributed by atoms with Gasteiger partial charge in [-0.1, -0.05) is 18.2 Å². The molecule has 0 aliphatic heterocycles. The monoisotopic (exact) mass is 296 g/mol. The van der Waals surface area contributed by atoms with Crippen LogP contribution in [0.1, 0.15) is 18.4 Å². The summed E-state index contributed by atoms with van der Waals surface area (Å²) < 4.78 is 40.7. The Labute approximate surface area is 118 Å². The molecule has 0 bridgehead atoms. The third-order valence-electron chi connectivity index (χ3n) is 2.72. The molecule has 7 heteroatoms. The van der Waals surface area contributed by atoms with Crippen LogP contribution in [-0.2, 0) is 4.79 Å². The Balaban J connectivity index is 2.25. The molecule has 21 heavy (non-hydrogen) atoms. The number of hydrogen-bond donors (Lipinski definition) is 1. The maximum Gasteiger partial charge on any atom is 0.573 e. The third-order valence-corrected chi connectivity index (χ3v) is 2.72. The molecule has 0 aromatic heterocycles. The molecule has 1 saturated carbocycles. The summed E-state index contributed by atoms with van der Waals surface area (Å²) in [4.78, 5) is 11.8. The van der Waals surface area contributed by atoms with E-state index in [1.165, 1.54) is 18.2 Å². The Morgan fingerprint density at radius 2 is 2.05 bits per heavy atom. The number of nitriles is 1. The van der Waals surface area contributed by atoms with Crippen LogP contribution in [0, 0.1) is 11.3 Å². The highest BCUT2D eigenvalue weighted by Gasteiger charge is 2.32. The summed E-state index contributed by atoms with van der Waals surface area (Å²) in [6, 6.07) is 7.05. The molecule has 0 heterocycles. The molecule has 4 nitrogen and oxygen atoms in total. The van der Waals surface area contributed by atoms with E-state index >= 15 is 0 Å². The quantitative estimate of drug-likeness (QED) is 0.686. The van der Waals surface area contributed by atoms with Gasteiger partial charge in [0.05, 0.1) is 0 Å². The topological polar surface area (TPSA) is 62.1 Å². The van der Waals surface area contributed by atoms with Crippen molar-refractivity contribution in [2.75, 3.05) is 0 Å². The summed E-state index contributed by atoms with van der Waals surface area (Å²) in [6.45, 7) is 0. The van der Waals surface area contributed by atoms with Gasteiger partial charge in [-0.05, 0) is 25.0 Å². The Hall–Kier alpha value is -2.49. The first-order valence-electron chi connectivity index (χ1n) is 6.16. The van der Waals surface area contributed by atoms with E-state index in [4.69, 9.17) is 5.26 Å². The van der Waals surface area contributed by atoms with Crippen molar-refractivity contribution in [1.29, 1.82) is 5.26 Å². The second kappa shape index (κ2) is 5.87. The van der Waals surface area contributed by atoms with Crippen LogP contribution in [0.5, 0.6) is 5.75 Å². The first-order valence-corrected chi connectivity index (χ1v) is 6.16. The average Bonchev–Trinajstić information content (AvgIpc) is 3.19. The highest BCUT2D eigenvalue weighted by molar-refractivity contribution is 6.02. The minimum absolute atomic E-state index is 0.0114. The number of nitrogens with zero attached hydrogens (tertiary/aromatic N) is 1. The molecule has 0 unspecified atom stereocenters. The van der Waals surface area contributed by atoms with Crippen molar-refractivity contribution in [1.82, 2.24) is 5.32 Å². The molecule has 1 aliphatic carbocycles. The molecule has 0 spiro atoms. The number of carbonyl (C=O) groups excluding carboxylic acids is 1. The first-order chi connectivity index (χ1) is 9.89. The summed E-state index contributed by atoms with van der Waals surface area (Å²) in [7, 11) is 0. The second-order valence-electron chi connectivity index (χ2n) is 4.50. The smallest absolute Gasteiger partial charge is 0.405 e. The molecular formula is C14H11F3N2O2.